The molecule has 0 saturated carbocycles. The van der Waals surface area contributed by atoms with Crippen LogP contribution in [0.15, 0.2) is 24.3 Å². The van der Waals surface area contributed by atoms with Crippen LogP contribution in [0.3, 0.4) is 0 Å². The topological polar surface area (TPSA) is 63.9 Å². The number of H-pyrrole nitrogens is 1. The van der Waals surface area contributed by atoms with Gasteiger partial charge in [0.2, 0.25) is 0 Å². The van der Waals surface area contributed by atoms with E-state index < -0.39 is 0 Å². The molecule has 1 unspecified atom stereocenters. The maximum absolute atomic E-state index is 6.09. The van der Waals surface area contributed by atoms with E-state index in [2.05, 4.69) is 41.2 Å². The molecule has 19 heavy (non-hydrogen) atoms. The molecule has 2 aromatic rings. The smallest absolute Gasteiger partial charge is 0.124 e. The fourth-order valence-corrected chi connectivity index (χ4v) is 2.03. The average Bonchev–Trinajstić information content (AvgIpc) is 2.79. The molecule has 1 aromatic heterocycles. The number of hydrogen-bond donors (Lipinski definition) is 2. The lowest BCUT2D eigenvalue weighted by molar-refractivity contribution is 0.187. The largest absolute Gasteiger partial charge is 0.385 e. The summed E-state index contributed by atoms with van der Waals surface area (Å²) in [5.74, 6) is 0.824. The van der Waals surface area contributed by atoms with Crippen molar-refractivity contribution in [2.75, 3.05) is 13.7 Å². The molecule has 4 nitrogen and oxygen atoms in total. The van der Waals surface area contributed by atoms with Crippen molar-refractivity contribution in [3.05, 3.63) is 41.3 Å². The van der Waals surface area contributed by atoms with E-state index in [1.54, 1.807) is 7.11 Å². The third-order valence-electron chi connectivity index (χ3n) is 3.21. The van der Waals surface area contributed by atoms with Gasteiger partial charge in [-0.25, -0.2) is 4.98 Å². The molecule has 0 saturated heterocycles. The number of aromatic amines is 1. The molecule has 1 aromatic carbocycles. The Morgan fingerprint density at radius 3 is 2.58 bits per heavy atom. The summed E-state index contributed by atoms with van der Waals surface area (Å²) in [6.45, 7) is 4.74. The van der Waals surface area contributed by atoms with Gasteiger partial charge >= 0.3 is 0 Å². The van der Waals surface area contributed by atoms with E-state index >= 15 is 0 Å². The van der Waals surface area contributed by atoms with Gasteiger partial charge in [-0.05, 0) is 20.3 Å². The Labute approximate surface area is 114 Å². The SMILES string of the molecule is COCCC(N)c1nc(-c2ccc(C)cc2)c(C)[nH]1. The number of ether oxygens (including phenoxy) is 1. The van der Waals surface area contributed by atoms with Gasteiger partial charge in [0.15, 0.2) is 0 Å². The molecule has 0 amide bonds. The first-order valence-corrected chi connectivity index (χ1v) is 6.50. The molecule has 0 aliphatic rings. The number of hydrogen-bond acceptors (Lipinski definition) is 3. The molecule has 0 fully saturated rings. The summed E-state index contributed by atoms with van der Waals surface area (Å²) in [6, 6.07) is 8.24. The van der Waals surface area contributed by atoms with E-state index in [0.717, 1.165) is 29.2 Å². The molecule has 0 spiro atoms. The second kappa shape index (κ2) is 5.99. The molecule has 0 aliphatic carbocycles. The molecule has 1 heterocycles. The summed E-state index contributed by atoms with van der Waals surface area (Å²) in [7, 11) is 1.68. The zero-order valence-electron chi connectivity index (χ0n) is 11.7. The van der Waals surface area contributed by atoms with Crippen LogP contribution in [0.4, 0.5) is 0 Å². The monoisotopic (exact) mass is 259 g/mol. The second-order valence-corrected chi connectivity index (χ2v) is 4.85. The van der Waals surface area contributed by atoms with Crippen molar-refractivity contribution < 1.29 is 4.74 Å². The number of rotatable bonds is 5. The highest BCUT2D eigenvalue weighted by Gasteiger charge is 2.14. The molecular formula is C15H21N3O. The summed E-state index contributed by atoms with van der Waals surface area (Å²) in [5, 5.41) is 0. The highest BCUT2D eigenvalue weighted by Crippen LogP contribution is 2.23. The van der Waals surface area contributed by atoms with Crippen LogP contribution >= 0.6 is 0 Å². The van der Waals surface area contributed by atoms with Crippen molar-refractivity contribution in [1.82, 2.24) is 9.97 Å². The predicted molar refractivity (Wildman–Crippen MR) is 76.9 cm³/mol. The van der Waals surface area contributed by atoms with Gasteiger partial charge < -0.3 is 15.5 Å². The molecule has 2 rings (SSSR count). The van der Waals surface area contributed by atoms with E-state index in [-0.39, 0.29) is 6.04 Å². The number of benzene rings is 1. The number of nitrogens with zero attached hydrogens (tertiary/aromatic N) is 1. The lowest BCUT2D eigenvalue weighted by Crippen LogP contribution is -2.14. The van der Waals surface area contributed by atoms with Gasteiger partial charge in [-0.15, -0.1) is 0 Å². The molecule has 0 bridgehead atoms. The van der Waals surface area contributed by atoms with Gasteiger partial charge in [-0.1, -0.05) is 29.8 Å². The highest BCUT2D eigenvalue weighted by molar-refractivity contribution is 5.62. The summed E-state index contributed by atoms with van der Waals surface area (Å²) in [4.78, 5) is 7.90. The lowest BCUT2D eigenvalue weighted by Gasteiger charge is -2.06. The van der Waals surface area contributed by atoms with Crippen LogP contribution in [0.5, 0.6) is 0 Å². The predicted octanol–water partition coefficient (Wildman–Crippen LogP) is 2.73. The third-order valence-corrected chi connectivity index (χ3v) is 3.21. The third kappa shape index (κ3) is 3.22. The van der Waals surface area contributed by atoms with Crippen molar-refractivity contribution in [2.24, 2.45) is 5.73 Å². The van der Waals surface area contributed by atoms with E-state index in [1.165, 1.54) is 5.56 Å². The number of methoxy groups -OCH3 is 1. The number of nitrogens with two attached hydrogens (primary N) is 1. The van der Waals surface area contributed by atoms with Crippen molar-refractivity contribution in [1.29, 1.82) is 0 Å². The molecule has 0 radical (unpaired) electrons. The van der Waals surface area contributed by atoms with Gasteiger partial charge in [0.25, 0.3) is 0 Å². The van der Waals surface area contributed by atoms with Crippen LogP contribution in [0.25, 0.3) is 11.3 Å². The minimum Gasteiger partial charge on any atom is -0.385 e. The van der Waals surface area contributed by atoms with Gasteiger partial charge in [-0.3, -0.25) is 0 Å². The molecular weight excluding hydrogens is 238 g/mol. The fraction of sp³-hybridized carbons (Fsp3) is 0.400. The van der Waals surface area contributed by atoms with Crippen LogP contribution in [-0.2, 0) is 4.74 Å². The fourth-order valence-electron chi connectivity index (χ4n) is 2.03. The van der Waals surface area contributed by atoms with Crippen molar-refractivity contribution >= 4 is 0 Å². The van der Waals surface area contributed by atoms with Gasteiger partial charge in [0.05, 0.1) is 11.7 Å². The maximum atomic E-state index is 6.09. The van der Waals surface area contributed by atoms with Crippen LogP contribution in [-0.4, -0.2) is 23.7 Å². The summed E-state index contributed by atoms with van der Waals surface area (Å²) in [6.07, 6.45) is 0.761. The Morgan fingerprint density at radius 2 is 1.95 bits per heavy atom. The van der Waals surface area contributed by atoms with Crippen molar-refractivity contribution in [3.8, 4) is 11.3 Å². The Kier molecular flexibility index (Phi) is 4.35. The number of imidazole rings is 1. The number of aromatic nitrogens is 2. The summed E-state index contributed by atoms with van der Waals surface area (Å²) in [5.41, 5.74) is 10.5. The Hall–Kier alpha value is -1.65. The zero-order valence-corrected chi connectivity index (χ0v) is 11.7. The Balaban J connectivity index is 2.23. The normalized spacial score (nSPS) is 12.6. The second-order valence-electron chi connectivity index (χ2n) is 4.85. The minimum atomic E-state index is -0.113. The molecule has 1 atom stereocenters. The molecule has 4 heteroatoms. The molecule has 102 valence electrons. The number of aryl methyl sites for hydroxylation is 2. The van der Waals surface area contributed by atoms with Crippen molar-refractivity contribution in [3.63, 3.8) is 0 Å². The lowest BCUT2D eigenvalue weighted by atomic mass is 10.1. The maximum Gasteiger partial charge on any atom is 0.124 e. The zero-order chi connectivity index (χ0) is 13.8. The van der Waals surface area contributed by atoms with E-state index in [9.17, 15) is 0 Å². The van der Waals surface area contributed by atoms with E-state index in [1.807, 2.05) is 6.92 Å². The molecule has 3 N–H and O–H groups in total. The quantitative estimate of drug-likeness (QED) is 0.867. The summed E-state index contributed by atoms with van der Waals surface area (Å²) < 4.78 is 5.05. The average molecular weight is 259 g/mol. The van der Waals surface area contributed by atoms with Gasteiger partial charge in [0.1, 0.15) is 5.82 Å². The first-order valence-electron chi connectivity index (χ1n) is 6.50. The van der Waals surface area contributed by atoms with E-state index in [0.29, 0.717) is 6.61 Å². The first-order chi connectivity index (χ1) is 9.11. The van der Waals surface area contributed by atoms with Crippen molar-refractivity contribution in [2.45, 2.75) is 26.3 Å². The highest BCUT2D eigenvalue weighted by atomic mass is 16.5. The van der Waals surface area contributed by atoms with Crippen LogP contribution in [0, 0.1) is 13.8 Å². The number of nitrogens with one attached hydrogen (secondary N) is 1. The Morgan fingerprint density at radius 1 is 1.26 bits per heavy atom. The molecule has 0 aliphatic heterocycles. The Bertz CT molecular complexity index is 531. The minimum absolute atomic E-state index is 0.113. The standard InChI is InChI=1S/C15H21N3O/c1-10-4-6-12(7-5-10)14-11(2)17-15(18-14)13(16)8-9-19-3/h4-7,13H,8-9,16H2,1-3H3,(H,17,18). The van der Waals surface area contributed by atoms with E-state index in [4.69, 9.17) is 10.5 Å². The van der Waals surface area contributed by atoms with Gasteiger partial charge in [-0.2, -0.15) is 0 Å². The van der Waals surface area contributed by atoms with Crippen LogP contribution < -0.4 is 5.73 Å². The summed E-state index contributed by atoms with van der Waals surface area (Å²) >= 11 is 0. The first kappa shape index (κ1) is 13.8. The van der Waals surface area contributed by atoms with Crippen LogP contribution in [0.1, 0.15) is 29.5 Å². The van der Waals surface area contributed by atoms with Crippen LogP contribution in [0.2, 0.25) is 0 Å². The van der Waals surface area contributed by atoms with Gasteiger partial charge in [0, 0.05) is 25.0 Å².